The number of ketones is 1. The summed E-state index contributed by atoms with van der Waals surface area (Å²) in [6, 6.07) is 3.13. The first-order valence-corrected chi connectivity index (χ1v) is 8.04. The molecule has 0 saturated carbocycles. The normalized spacial score (nSPS) is 14.2. The van der Waals surface area contributed by atoms with Gasteiger partial charge in [-0.1, -0.05) is 0 Å². The number of Topliss-reactive ketones (excluding diaryl/α,β-unsaturated/α-hetero) is 1. The van der Waals surface area contributed by atoms with Crippen LogP contribution in [-0.2, 0) is 24.4 Å². The number of ether oxygens (including phenoxy) is 1. The van der Waals surface area contributed by atoms with Crippen LogP contribution in [0.25, 0.3) is 0 Å². The summed E-state index contributed by atoms with van der Waals surface area (Å²) in [4.78, 5) is 36.2. The molecule has 0 saturated heterocycles. The van der Waals surface area contributed by atoms with E-state index < -0.39 is 44.8 Å². The second-order valence-corrected chi connectivity index (χ2v) is 7.38. The molecule has 0 fully saturated rings. The molecule has 1 aromatic rings. The Labute approximate surface area is 162 Å². The number of esters is 1. The molecule has 0 spiro atoms. The smallest absolute Gasteiger partial charge is 1.00 e. The van der Waals surface area contributed by atoms with Gasteiger partial charge in [0.25, 0.3) is 21.8 Å². The van der Waals surface area contributed by atoms with Crippen molar-refractivity contribution in [2.45, 2.75) is 31.3 Å². The number of benzene rings is 1. The number of amides is 1. The van der Waals surface area contributed by atoms with Crippen LogP contribution in [0.4, 0.5) is 5.69 Å². The predicted molar refractivity (Wildman–Crippen MR) is 79.9 cm³/mol. The molecule has 1 aliphatic rings. The fraction of sp³-hybridized carbons (Fsp3) is 0.357. The molecule has 1 amide bonds. The number of hydrogen-bond donors (Lipinski definition) is 1. The SMILES string of the molecule is CC(C)(C)OC(=O)CN1C(=O)C(=O)c2cc(S(=O)(=O)O)ccc21.[H-].[Na+]. The van der Waals surface area contributed by atoms with E-state index in [2.05, 4.69) is 0 Å². The second kappa shape index (κ2) is 6.93. The summed E-state index contributed by atoms with van der Waals surface area (Å²) in [6.45, 7) is 4.51. The Hall–Kier alpha value is -1.26. The Balaban J connectivity index is 0.00000288. The molecule has 126 valence electrons. The van der Waals surface area contributed by atoms with Gasteiger partial charge in [0, 0.05) is 0 Å². The minimum absolute atomic E-state index is 0. The van der Waals surface area contributed by atoms with Crippen LogP contribution < -0.4 is 34.5 Å². The molecule has 0 unspecified atom stereocenters. The van der Waals surface area contributed by atoms with Crippen molar-refractivity contribution < 1.29 is 63.1 Å². The van der Waals surface area contributed by atoms with E-state index in [0.717, 1.165) is 17.0 Å². The molecule has 0 bridgehead atoms. The number of hydrogen-bond acceptors (Lipinski definition) is 6. The van der Waals surface area contributed by atoms with Gasteiger partial charge in [0.15, 0.2) is 0 Å². The monoisotopic (exact) mass is 365 g/mol. The van der Waals surface area contributed by atoms with Crippen LogP contribution in [0.2, 0.25) is 0 Å². The first kappa shape index (κ1) is 20.8. The molecule has 8 nitrogen and oxygen atoms in total. The summed E-state index contributed by atoms with van der Waals surface area (Å²) >= 11 is 0. The van der Waals surface area contributed by atoms with Crippen molar-refractivity contribution in [1.29, 1.82) is 0 Å². The van der Waals surface area contributed by atoms with E-state index in [9.17, 15) is 22.8 Å². The maximum Gasteiger partial charge on any atom is 1.00 e. The summed E-state index contributed by atoms with van der Waals surface area (Å²) in [7, 11) is -4.50. The van der Waals surface area contributed by atoms with E-state index in [1.165, 1.54) is 6.07 Å². The van der Waals surface area contributed by atoms with Crippen LogP contribution in [0.5, 0.6) is 0 Å². The van der Waals surface area contributed by atoms with Crippen molar-refractivity contribution in [3.63, 3.8) is 0 Å². The van der Waals surface area contributed by atoms with Gasteiger partial charge in [0.2, 0.25) is 0 Å². The number of carbonyl (C=O) groups excluding carboxylic acids is 3. The molecule has 1 aromatic carbocycles. The van der Waals surface area contributed by atoms with Crippen molar-refractivity contribution >= 4 is 33.5 Å². The minimum atomic E-state index is -4.50. The molecule has 2 rings (SSSR count). The zero-order valence-electron chi connectivity index (χ0n) is 14.7. The third-order valence-electron chi connectivity index (χ3n) is 2.95. The van der Waals surface area contributed by atoms with Gasteiger partial charge in [-0.2, -0.15) is 8.42 Å². The molecule has 10 heteroatoms. The molecule has 0 atom stereocenters. The average molecular weight is 365 g/mol. The number of nitrogens with zero attached hydrogens (tertiary/aromatic N) is 1. The average Bonchev–Trinajstić information content (AvgIpc) is 2.60. The zero-order chi connectivity index (χ0) is 17.6. The molecular weight excluding hydrogens is 349 g/mol. The number of anilines is 1. The van der Waals surface area contributed by atoms with Gasteiger partial charge < -0.3 is 6.16 Å². The van der Waals surface area contributed by atoms with E-state index in [4.69, 9.17) is 9.29 Å². The fourth-order valence-corrected chi connectivity index (χ4v) is 2.61. The third kappa shape index (κ3) is 4.42. The Morgan fingerprint density at radius 3 is 2.38 bits per heavy atom. The zero-order valence-corrected chi connectivity index (χ0v) is 16.5. The summed E-state index contributed by atoms with van der Waals surface area (Å²) in [5, 5.41) is 0. The maximum atomic E-state index is 12.0. The van der Waals surface area contributed by atoms with Crippen molar-refractivity contribution in [3.05, 3.63) is 23.8 Å². The molecule has 1 aliphatic heterocycles. The van der Waals surface area contributed by atoms with Crippen molar-refractivity contribution in [2.24, 2.45) is 0 Å². The van der Waals surface area contributed by atoms with Crippen molar-refractivity contribution in [2.75, 3.05) is 11.4 Å². The Kier molecular flexibility index (Phi) is 6.00. The largest absolute Gasteiger partial charge is 1.00 e. The summed E-state index contributed by atoms with van der Waals surface area (Å²) in [5.74, 6) is -2.61. The van der Waals surface area contributed by atoms with Crippen LogP contribution in [0.1, 0.15) is 32.6 Å². The fourth-order valence-electron chi connectivity index (χ4n) is 2.10. The summed E-state index contributed by atoms with van der Waals surface area (Å²) < 4.78 is 36.3. The Morgan fingerprint density at radius 2 is 1.88 bits per heavy atom. The molecular formula is C14H16NNaO7S. The van der Waals surface area contributed by atoms with Gasteiger partial charge in [-0.3, -0.25) is 23.8 Å². The number of carbonyl (C=O) groups is 3. The molecule has 0 aromatic heterocycles. The third-order valence-corrected chi connectivity index (χ3v) is 3.80. The molecule has 24 heavy (non-hydrogen) atoms. The van der Waals surface area contributed by atoms with Crippen LogP contribution in [-0.4, -0.2) is 42.8 Å². The van der Waals surface area contributed by atoms with Gasteiger partial charge in [0.1, 0.15) is 12.1 Å². The first-order valence-electron chi connectivity index (χ1n) is 6.60. The quantitative estimate of drug-likeness (QED) is 0.283. The summed E-state index contributed by atoms with van der Waals surface area (Å²) in [5.41, 5.74) is -0.839. The van der Waals surface area contributed by atoms with Crippen LogP contribution in [0.3, 0.4) is 0 Å². The molecule has 0 radical (unpaired) electrons. The van der Waals surface area contributed by atoms with Crippen LogP contribution in [0.15, 0.2) is 23.1 Å². The molecule has 0 aliphatic carbocycles. The van der Waals surface area contributed by atoms with E-state index in [0.29, 0.717) is 0 Å². The van der Waals surface area contributed by atoms with Crippen molar-refractivity contribution in [1.82, 2.24) is 0 Å². The van der Waals surface area contributed by atoms with E-state index >= 15 is 0 Å². The van der Waals surface area contributed by atoms with Gasteiger partial charge in [-0.25, -0.2) is 0 Å². The van der Waals surface area contributed by atoms with E-state index in [1.807, 2.05) is 0 Å². The Morgan fingerprint density at radius 1 is 1.29 bits per heavy atom. The van der Waals surface area contributed by atoms with Crippen molar-refractivity contribution in [3.8, 4) is 0 Å². The summed E-state index contributed by atoms with van der Waals surface area (Å²) in [6.07, 6.45) is 0. The predicted octanol–water partition coefficient (Wildman–Crippen LogP) is -2.08. The minimum Gasteiger partial charge on any atom is -1.00 e. The molecule has 1 N–H and O–H groups in total. The number of rotatable bonds is 3. The number of fused-ring (bicyclic) bond motifs is 1. The second-order valence-electron chi connectivity index (χ2n) is 5.96. The van der Waals surface area contributed by atoms with Gasteiger partial charge in [-0.15, -0.1) is 0 Å². The van der Waals surface area contributed by atoms with Gasteiger partial charge in [0.05, 0.1) is 16.1 Å². The topological polar surface area (TPSA) is 118 Å². The van der Waals surface area contributed by atoms with E-state index in [-0.39, 0.29) is 42.2 Å². The van der Waals surface area contributed by atoms with Gasteiger partial charge >= 0.3 is 35.5 Å². The first-order chi connectivity index (χ1) is 10.4. The standard InChI is InChI=1S/C14H15NO7S.Na.H/c1-14(2,3)22-11(16)7-15-10-5-4-8(23(19,20)21)6-9(10)12(17)13(15)18;;/h4-6H,7H2,1-3H3,(H,19,20,21);;/q;+1;-1. The Bertz CT molecular complexity index is 817. The molecule has 1 heterocycles. The van der Waals surface area contributed by atoms with E-state index in [1.54, 1.807) is 20.8 Å². The van der Waals surface area contributed by atoms with Crippen LogP contribution >= 0.6 is 0 Å². The van der Waals surface area contributed by atoms with Crippen LogP contribution in [0, 0.1) is 0 Å². The maximum absolute atomic E-state index is 12.0. The van der Waals surface area contributed by atoms with Gasteiger partial charge in [-0.05, 0) is 39.0 Å².